The van der Waals surface area contributed by atoms with Crippen LogP contribution in [0.1, 0.15) is 22.6 Å². The van der Waals surface area contributed by atoms with Crippen molar-refractivity contribution in [2.45, 2.75) is 51.5 Å². The van der Waals surface area contributed by atoms with Crippen LogP contribution < -0.4 is 4.90 Å². The second-order valence-corrected chi connectivity index (χ2v) is 17.9. The lowest BCUT2D eigenvalue weighted by atomic mass is 9.85. The highest BCUT2D eigenvalue weighted by Crippen LogP contribution is 2.54. The molecule has 0 fully saturated rings. The molecular formula is C50H35NS4. The summed E-state index contributed by atoms with van der Waals surface area (Å²) >= 11 is 7.54. The fourth-order valence-corrected chi connectivity index (χ4v) is 12.3. The Labute approximate surface area is 340 Å². The Morgan fingerprint density at radius 2 is 0.836 bits per heavy atom. The number of nitrogens with zero attached hydrogens (tertiary/aromatic N) is 1. The lowest BCUT2D eigenvalue weighted by Crippen LogP contribution is -2.11. The Morgan fingerprint density at radius 1 is 0.364 bits per heavy atom. The van der Waals surface area contributed by atoms with E-state index in [1.807, 2.05) is 47.0 Å². The first kappa shape index (κ1) is 34.5. The molecule has 0 amide bonds. The second-order valence-electron chi connectivity index (χ2n) is 13.7. The Balaban J connectivity index is 0.943. The minimum absolute atomic E-state index is 0.248. The van der Waals surface area contributed by atoms with Crippen LogP contribution in [0, 0.1) is 0 Å². The van der Waals surface area contributed by atoms with Gasteiger partial charge < -0.3 is 4.90 Å². The van der Waals surface area contributed by atoms with Gasteiger partial charge in [-0.25, -0.2) is 0 Å². The van der Waals surface area contributed by atoms with Crippen molar-refractivity contribution in [1.82, 2.24) is 0 Å². The molecule has 0 bridgehead atoms. The van der Waals surface area contributed by atoms with Crippen LogP contribution in [0.15, 0.2) is 233 Å². The van der Waals surface area contributed by atoms with Crippen LogP contribution in [0.4, 0.5) is 17.1 Å². The number of rotatable bonds is 8. The third-order valence-corrected chi connectivity index (χ3v) is 15.4. The fourth-order valence-electron chi connectivity index (χ4n) is 7.52. The molecule has 1 atom stereocenters. The van der Waals surface area contributed by atoms with E-state index in [9.17, 15) is 0 Å². The quantitative estimate of drug-likeness (QED) is 0.151. The van der Waals surface area contributed by atoms with Gasteiger partial charge in [-0.2, -0.15) is 0 Å². The van der Waals surface area contributed by atoms with Gasteiger partial charge in [0.1, 0.15) is 0 Å². The highest BCUT2D eigenvalue weighted by Gasteiger charge is 2.26. The van der Waals surface area contributed by atoms with Gasteiger partial charge in [0, 0.05) is 51.6 Å². The van der Waals surface area contributed by atoms with E-state index < -0.39 is 0 Å². The topological polar surface area (TPSA) is 3.24 Å². The van der Waals surface area contributed by atoms with Crippen molar-refractivity contribution in [3.8, 4) is 11.1 Å². The van der Waals surface area contributed by atoms with Gasteiger partial charge in [-0.05, 0) is 101 Å². The Kier molecular flexibility index (Phi) is 9.55. The normalized spacial score (nSPS) is 13.2. The van der Waals surface area contributed by atoms with E-state index in [1.165, 1.54) is 72.7 Å². The lowest BCUT2D eigenvalue weighted by molar-refractivity contribution is 0.779. The smallest absolute Gasteiger partial charge is 0.0612 e. The molecule has 0 spiro atoms. The molecule has 8 aromatic rings. The van der Waals surface area contributed by atoms with Crippen molar-refractivity contribution in [1.29, 1.82) is 0 Å². The molecule has 8 aromatic carbocycles. The van der Waals surface area contributed by atoms with E-state index in [0.29, 0.717) is 0 Å². The molecule has 1 nitrogen and oxygen atoms in total. The molecule has 0 aliphatic carbocycles. The summed E-state index contributed by atoms with van der Waals surface area (Å²) in [6.07, 6.45) is 0.931. The summed E-state index contributed by atoms with van der Waals surface area (Å²) in [5.74, 6) is 0.248. The zero-order valence-corrected chi connectivity index (χ0v) is 33.1. The number of fused-ring (bicyclic) bond motifs is 4. The van der Waals surface area contributed by atoms with Crippen molar-refractivity contribution in [2.24, 2.45) is 0 Å². The number of hydrogen-bond acceptors (Lipinski definition) is 5. The van der Waals surface area contributed by atoms with Crippen LogP contribution in [-0.4, -0.2) is 0 Å². The summed E-state index contributed by atoms with van der Waals surface area (Å²) in [5.41, 5.74) is 10.00. The monoisotopic (exact) mass is 777 g/mol. The molecule has 2 aliphatic rings. The van der Waals surface area contributed by atoms with E-state index in [4.69, 9.17) is 0 Å². The maximum Gasteiger partial charge on any atom is 0.0612 e. The van der Waals surface area contributed by atoms with Crippen molar-refractivity contribution < 1.29 is 0 Å². The SMILES string of the molecule is c1ccc(C(Cc2ccc(-c3ccc(N(c4ccccc4)c4cccc5c4Sc4ccccc4S5)cc3)cc2)c2cccc3c2Sc2ccccc2S3)cc1. The lowest BCUT2D eigenvalue weighted by Gasteiger charge is -2.30. The molecular weight excluding hydrogens is 743 g/mol. The summed E-state index contributed by atoms with van der Waals surface area (Å²) in [6, 6.07) is 71.1. The predicted octanol–water partition coefficient (Wildman–Crippen LogP) is 15.4. The largest absolute Gasteiger partial charge is 0.309 e. The zero-order chi connectivity index (χ0) is 36.6. The molecule has 2 aliphatic heterocycles. The average Bonchev–Trinajstić information content (AvgIpc) is 3.25. The van der Waals surface area contributed by atoms with Crippen LogP contribution in [0.5, 0.6) is 0 Å². The third kappa shape index (κ3) is 6.91. The van der Waals surface area contributed by atoms with Gasteiger partial charge in [0.15, 0.2) is 0 Å². The maximum absolute atomic E-state index is 2.40. The first-order chi connectivity index (χ1) is 27.2. The van der Waals surface area contributed by atoms with Gasteiger partial charge in [-0.1, -0.05) is 174 Å². The van der Waals surface area contributed by atoms with Gasteiger partial charge in [0.05, 0.1) is 10.6 Å². The molecule has 10 rings (SSSR count). The second kappa shape index (κ2) is 15.2. The Morgan fingerprint density at radius 3 is 1.47 bits per heavy atom. The molecule has 5 heteroatoms. The molecule has 0 aromatic heterocycles. The summed E-state index contributed by atoms with van der Waals surface area (Å²) in [6.45, 7) is 0. The summed E-state index contributed by atoms with van der Waals surface area (Å²) in [5, 5.41) is 0. The van der Waals surface area contributed by atoms with Crippen molar-refractivity contribution in [3.05, 3.63) is 211 Å². The van der Waals surface area contributed by atoms with Gasteiger partial charge in [0.2, 0.25) is 0 Å². The zero-order valence-electron chi connectivity index (χ0n) is 29.8. The third-order valence-electron chi connectivity index (χ3n) is 10.2. The summed E-state index contributed by atoms with van der Waals surface area (Å²) in [4.78, 5) is 13.0. The minimum atomic E-state index is 0.248. The first-order valence-electron chi connectivity index (χ1n) is 18.5. The van der Waals surface area contributed by atoms with E-state index in [-0.39, 0.29) is 5.92 Å². The number of para-hydroxylation sites is 1. The van der Waals surface area contributed by atoms with Crippen LogP contribution in [0.25, 0.3) is 11.1 Å². The van der Waals surface area contributed by atoms with E-state index in [0.717, 1.165) is 17.8 Å². The molecule has 55 heavy (non-hydrogen) atoms. The van der Waals surface area contributed by atoms with Crippen molar-refractivity contribution >= 4 is 64.1 Å². The molecule has 1 unspecified atom stereocenters. The van der Waals surface area contributed by atoms with Gasteiger partial charge in [0.25, 0.3) is 0 Å². The highest BCUT2D eigenvalue weighted by molar-refractivity contribution is 8.05. The van der Waals surface area contributed by atoms with Crippen molar-refractivity contribution in [3.63, 3.8) is 0 Å². The maximum atomic E-state index is 2.40. The first-order valence-corrected chi connectivity index (χ1v) is 21.8. The van der Waals surface area contributed by atoms with E-state index >= 15 is 0 Å². The van der Waals surface area contributed by atoms with E-state index in [2.05, 4.69) is 199 Å². The Hall–Kier alpha value is -5.04. The number of hydrogen-bond donors (Lipinski definition) is 0. The molecule has 0 radical (unpaired) electrons. The number of anilines is 3. The minimum Gasteiger partial charge on any atom is -0.309 e. The van der Waals surface area contributed by atoms with Crippen LogP contribution in [0.2, 0.25) is 0 Å². The number of benzene rings is 8. The average molecular weight is 778 g/mol. The molecule has 2 heterocycles. The predicted molar refractivity (Wildman–Crippen MR) is 234 cm³/mol. The summed E-state index contributed by atoms with van der Waals surface area (Å²) in [7, 11) is 0. The standard InChI is InChI=1S/C50H35NS4/c1-3-13-37(14-4-1)41(40-17-11-23-47-49(40)54-45-21-9-7-19-43(45)52-47)33-34-25-27-35(28-26-34)36-29-31-39(32-30-36)51(38-15-5-2-6-16-38)42-18-12-24-48-50(42)55-46-22-10-8-20-44(46)53-48/h1-32,41H,33H2. The van der Waals surface area contributed by atoms with Gasteiger partial charge in [-0.15, -0.1) is 0 Å². The van der Waals surface area contributed by atoms with Crippen LogP contribution in [-0.2, 0) is 6.42 Å². The van der Waals surface area contributed by atoms with Crippen molar-refractivity contribution in [2.75, 3.05) is 4.90 Å². The molecule has 0 N–H and O–H groups in total. The molecule has 0 saturated carbocycles. The molecule has 0 saturated heterocycles. The van der Waals surface area contributed by atoms with Gasteiger partial charge >= 0.3 is 0 Å². The van der Waals surface area contributed by atoms with E-state index in [1.54, 1.807) is 0 Å². The fraction of sp³-hybridized carbons (Fsp3) is 0.0400. The highest BCUT2D eigenvalue weighted by atomic mass is 32.2. The molecule has 264 valence electrons. The summed E-state index contributed by atoms with van der Waals surface area (Å²) < 4.78 is 0. The van der Waals surface area contributed by atoms with Crippen LogP contribution in [0.3, 0.4) is 0 Å². The van der Waals surface area contributed by atoms with Gasteiger partial charge in [-0.3, -0.25) is 0 Å². The van der Waals surface area contributed by atoms with Crippen LogP contribution >= 0.6 is 47.0 Å². The Bertz CT molecular complexity index is 2620.